The molecule has 32 heavy (non-hydrogen) atoms. The minimum absolute atomic E-state index is 0.0255. The topological polar surface area (TPSA) is 78.5 Å². The molecular weight excluding hydrogens is 422 g/mol. The lowest BCUT2D eigenvalue weighted by Gasteiger charge is -2.54. The number of carbonyl (C=O) groups is 1. The Morgan fingerprint density at radius 3 is 2.12 bits per heavy atom. The van der Waals surface area contributed by atoms with Crippen LogP contribution < -0.4 is 10.6 Å². The summed E-state index contributed by atoms with van der Waals surface area (Å²) in [5.41, 5.74) is 3.13. The molecule has 1 aliphatic heterocycles. The highest BCUT2D eigenvalue weighted by Crippen LogP contribution is 2.62. The van der Waals surface area contributed by atoms with Crippen molar-refractivity contribution in [2.24, 2.45) is 5.41 Å². The largest absolute Gasteiger partial charge is 0.335 e. The molecular formula is C25H37N3O3S. The van der Waals surface area contributed by atoms with Gasteiger partial charge in [0.05, 0.1) is 5.25 Å². The zero-order chi connectivity index (χ0) is 22.7. The Morgan fingerprint density at radius 2 is 1.59 bits per heavy atom. The van der Waals surface area contributed by atoms with Crippen molar-refractivity contribution >= 4 is 16.1 Å². The SMILES string of the molecule is CC(C)S(=O)(=O)N1CCC(NC(=O)NC23CC4CC(C)(CC(C2)c2ccccc24)C3)CC1. The number of hydrogen-bond donors (Lipinski definition) is 2. The van der Waals surface area contributed by atoms with E-state index in [1.165, 1.54) is 24.0 Å². The van der Waals surface area contributed by atoms with Gasteiger partial charge in [-0.05, 0) is 87.2 Å². The third-order valence-corrected chi connectivity index (χ3v) is 10.8. The van der Waals surface area contributed by atoms with Crippen molar-refractivity contribution in [3.8, 4) is 0 Å². The van der Waals surface area contributed by atoms with Crippen LogP contribution in [0.4, 0.5) is 4.79 Å². The molecule has 2 N–H and O–H groups in total. The van der Waals surface area contributed by atoms with Gasteiger partial charge in [0.1, 0.15) is 0 Å². The van der Waals surface area contributed by atoms with Crippen molar-refractivity contribution in [1.29, 1.82) is 0 Å². The molecule has 4 aliphatic carbocycles. The summed E-state index contributed by atoms with van der Waals surface area (Å²) in [6, 6.07) is 8.87. The molecule has 0 radical (unpaired) electrons. The van der Waals surface area contributed by atoms with Crippen molar-refractivity contribution in [2.45, 2.75) is 94.4 Å². The summed E-state index contributed by atoms with van der Waals surface area (Å²) in [4.78, 5) is 13.1. The van der Waals surface area contributed by atoms with Crippen LogP contribution in [0.15, 0.2) is 24.3 Å². The van der Waals surface area contributed by atoms with Gasteiger partial charge in [-0.1, -0.05) is 31.2 Å². The van der Waals surface area contributed by atoms with E-state index < -0.39 is 15.3 Å². The zero-order valence-electron chi connectivity index (χ0n) is 19.6. The van der Waals surface area contributed by atoms with Gasteiger partial charge in [-0.2, -0.15) is 0 Å². The molecule has 5 aliphatic rings. The van der Waals surface area contributed by atoms with Gasteiger partial charge in [0.2, 0.25) is 10.0 Å². The summed E-state index contributed by atoms with van der Waals surface area (Å²) in [6.07, 6.45) is 6.87. The van der Waals surface area contributed by atoms with Crippen LogP contribution in [0.5, 0.6) is 0 Å². The van der Waals surface area contributed by atoms with Crippen molar-refractivity contribution in [3.63, 3.8) is 0 Å². The number of hydrogen-bond acceptors (Lipinski definition) is 3. The maximum Gasteiger partial charge on any atom is 0.315 e. The minimum atomic E-state index is -3.22. The fourth-order valence-electron chi connectivity index (χ4n) is 7.41. The highest BCUT2D eigenvalue weighted by Gasteiger charge is 2.55. The molecule has 6 nitrogen and oxygen atoms in total. The first kappa shape index (κ1) is 22.2. The monoisotopic (exact) mass is 459 g/mol. The molecule has 2 unspecified atom stereocenters. The van der Waals surface area contributed by atoms with Gasteiger partial charge in [-0.25, -0.2) is 17.5 Å². The summed E-state index contributed by atoms with van der Waals surface area (Å²) >= 11 is 0. The van der Waals surface area contributed by atoms with Gasteiger partial charge < -0.3 is 10.6 Å². The van der Waals surface area contributed by atoms with Crippen LogP contribution in [0, 0.1) is 5.41 Å². The first-order valence-electron chi connectivity index (χ1n) is 12.3. The van der Waals surface area contributed by atoms with Crippen molar-refractivity contribution in [3.05, 3.63) is 35.4 Å². The predicted octanol–water partition coefficient (Wildman–Crippen LogP) is 4.09. The highest BCUT2D eigenvalue weighted by atomic mass is 32.2. The fourth-order valence-corrected chi connectivity index (χ4v) is 8.72. The summed E-state index contributed by atoms with van der Waals surface area (Å²) in [7, 11) is -3.22. The molecule has 0 aromatic heterocycles. The normalized spacial score (nSPS) is 34.9. The van der Waals surface area contributed by atoms with Crippen molar-refractivity contribution in [1.82, 2.24) is 14.9 Å². The average Bonchev–Trinajstić information content (AvgIpc) is 2.86. The molecule has 3 fully saturated rings. The van der Waals surface area contributed by atoms with Gasteiger partial charge in [-0.3, -0.25) is 0 Å². The second-order valence-corrected chi connectivity index (χ2v) is 14.0. The molecule has 2 amide bonds. The van der Waals surface area contributed by atoms with Gasteiger partial charge in [0, 0.05) is 24.7 Å². The molecule has 2 atom stereocenters. The molecule has 1 saturated heterocycles. The quantitative estimate of drug-likeness (QED) is 0.712. The summed E-state index contributed by atoms with van der Waals surface area (Å²) in [6.45, 7) is 6.82. The molecule has 4 bridgehead atoms. The average molecular weight is 460 g/mol. The standard InChI is InChI=1S/C25H37N3O3S/c1-17(2)32(30,31)28-10-8-20(9-11-28)26-23(29)27-25-14-18-12-24(3,16-25)13-19(15-25)22-7-5-4-6-21(18)22/h4-7,17-20H,8-16H2,1-3H3,(H2,26,27,29). The third-order valence-electron chi connectivity index (χ3n) is 8.52. The maximum atomic E-state index is 13.1. The Bertz CT molecular complexity index is 962. The lowest BCUT2D eigenvalue weighted by molar-refractivity contribution is 0.0371. The molecule has 176 valence electrons. The van der Waals surface area contributed by atoms with Crippen molar-refractivity contribution in [2.75, 3.05) is 13.1 Å². The van der Waals surface area contributed by atoms with E-state index in [9.17, 15) is 13.2 Å². The Hall–Kier alpha value is -1.60. The molecule has 1 aromatic carbocycles. The number of rotatable bonds is 4. The smallest absolute Gasteiger partial charge is 0.315 e. The van der Waals surface area contributed by atoms with E-state index in [0.717, 1.165) is 19.3 Å². The van der Waals surface area contributed by atoms with Crippen molar-refractivity contribution < 1.29 is 13.2 Å². The number of carbonyl (C=O) groups excluding carboxylic acids is 1. The Labute approximate surface area is 192 Å². The van der Waals surface area contributed by atoms with Crippen LogP contribution in [-0.2, 0) is 10.0 Å². The Morgan fingerprint density at radius 1 is 1.03 bits per heavy atom. The van der Waals surface area contributed by atoms with E-state index in [-0.39, 0.29) is 23.0 Å². The second kappa shape index (κ2) is 7.73. The van der Waals surface area contributed by atoms with E-state index in [4.69, 9.17) is 0 Å². The van der Waals surface area contributed by atoms with Gasteiger partial charge >= 0.3 is 6.03 Å². The number of benzene rings is 1. The van der Waals surface area contributed by atoms with E-state index >= 15 is 0 Å². The molecule has 2 saturated carbocycles. The summed E-state index contributed by atoms with van der Waals surface area (Å²) < 4.78 is 26.4. The minimum Gasteiger partial charge on any atom is -0.335 e. The Balaban J connectivity index is 1.25. The van der Waals surface area contributed by atoms with Crippen LogP contribution >= 0.6 is 0 Å². The van der Waals surface area contributed by atoms with Gasteiger partial charge in [0.15, 0.2) is 0 Å². The molecule has 1 aromatic rings. The number of piperidine rings is 1. The van der Waals surface area contributed by atoms with Crippen LogP contribution in [-0.4, -0.2) is 48.7 Å². The van der Waals surface area contributed by atoms with E-state index in [2.05, 4.69) is 41.8 Å². The summed E-state index contributed by atoms with van der Waals surface area (Å²) in [5, 5.41) is 6.23. The van der Waals surface area contributed by atoms with Crippen LogP contribution in [0.2, 0.25) is 0 Å². The first-order valence-corrected chi connectivity index (χ1v) is 13.8. The van der Waals surface area contributed by atoms with Crippen LogP contribution in [0.3, 0.4) is 0 Å². The lowest BCUT2D eigenvalue weighted by Crippen LogP contribution is -2.61. The number of amides is 2. The first-order chi connectivity index (χ1) is 15.1. The van der Waals surface area contributed by atoms with E-state index in [0.29, 0.717) is 37.8 Å². The second-order valence-electron chi connectivity index (χ2n) is 11.5. The third kappa shape index (κ3) is 3.85. The molecule has 6 rings (SSSR count). The number of nitrogens with one attached hydrogen (secondary N) is 2. The van der Waals surface area contributed by atoms with Crippen LogP contribution in [0.25, 0.3) is 0 Å². The molecule has 0 spiro atoms. The van der Waals surface area contributed by atoms with E-state index in [1.54, 1.807) is 18.2 Å². The van der Waals surface area contributed by atoms with Gasteiger partial charge in [-0.15, -0.1) is 0 Å². The lowest BCUT2D eigenvalue weighted by atomic mass is 9.55. The van der Waals surface area contributed by atoms with E-state index in [1.807, 2.05) is 0 Å². The highest BCUT2D eigenvalue weighted by molar-refractivity contribution is 7.89. The van der Waals surface area contributed by atoms with Crippen LogP contribution in [0.1, 0.15) is 88.7 Å². The molecule has 7 heteroatoms. The fraction of sp³-hybridized carbons (Fsp3) is 0.720. The predicted molar refractivity (Wildman–Crippen MR) is 126 cm³/mol. The number of sulfonamides is 1. The summed E-state index contributed by atoms with van der Waals surface area (Å²) in [5.74, 6) is 1.03. The number of urea groups is 1. The van der Waals surface area contributed by atoms with Gasteiger partial charge in [0.25, 0.3) is 0 Å². The number of nitrogens with zero attached hydrogens (tertiary/aromatic N) is 1. The Kier molecular flexibility index (Phi) is 5.36. The molecule has 1 heterocycles. The maximum absolute atomic E-state index is 13.1. The zero-order valence-corrected chi connectivity index (χ0v) is 20.4.